The highest BCUT2D eigenvalue weighted by molar-refractivity contribution is 7.54. The minimum absolute atomic E-state index is 0.175. The maximum Gasteiger partial charge on any atom is 0.340 e. The number of rotatable bonds is 7. The van der Waals surface area contributed by atoms with Crippen LogP contribution in [0.15, 0.2) is 0 Å². The molecule has 0 heterocycles. The predicted molar refractivity (Wildman–Crippen MR) is 56.9 cm³/mol. The molecule has 0 saturated heterocycles. The van der Waals surface area contributed by atoms with E-state index in [2.05, 4.69) is 5.32 Å². The largest absolute Gasteiger partial charge is 0.353 e. The van der Waals surface area contributed by atoms with E-state index >= 15 is 0 Å². The number of nitrogens with one attached hydrogen (secondary N) is 1. The van der Waals surface area contributed by atoms with Crippen LogP contribution in [0.1, 0.15) is 26.7 Å². The Bertz CT molecular complexity index is 255. The average Bonchev–Trinajstić information content (AvgIpc) is 2.87. The Hall–Kier alpha value is -0.380. The molecule has 0 aromatic rings. The van der Waals surface area contributed by atoms with Crippen LogP contribution < -0.4 is 5.32 Å². The summed E-state index contributed by atoms with van der Waals surface area (Å²) in [6, 6.07) is 0.272. The van der Waals surface area contributed by atoms with E-state index in [1.807, 2.05) is 0 Å². The zero-order valence-electron chi connectivity index (χ0n) is 9.19. The van der Waals surface area contributed by atoms with Gasteiger partial charge in [-0.1, -0.05) is 0 Å². The molecule has 15 heavy (non-hydrogen) atoms. The van der Waals surface area contributed by atoms with E-state index in [9.17, 15) is 9.36 Å². The van der Waals surface area contributed by atoms with Crippen LogP contribution in [0, 0.1) is 0 Å². The van der Waals surface area contributed by atoms with Gasteiger partial charge in [0.25, 0.3) is 0 Å². The van der Waals surface area contributed by atoms with Crippen molar-refractivity contribution in [1.82, 2.24) is 5.32 Å². The average molecular weight is 235 g/mol. The first-order chi connectivity index (χ1) is 7.09. The molecule has 1 aliphatic rings. The van der Waals surface area contributed by atoms with Gasteiger partial charge in [-0.15, -0.1) is 0 Å². The molecule has 1 amide bonds. The van der Waals surface area contributed by atoms with Crippen molar-refractivity contribution in [3.8, 4) is 0 Å². The van der Waals surface area contributed by atoms with Crippen LogP contribution >= 0.6 is 7.60 Å². The summed E-state index contributed by atoms with van der Waals surface area (Å²) in [5.74, 6) is -0.247. The summed E-state index contributed by atoms with van der Waals surface area (Å²) in [5, 5.41) is 2.76. The van der Waals surface area contributed by atoms with E-state index in [0.29, 0.717) is 0 Å². The van der Waals surface area contributed by atoms with Crippen molar-refractivity contribution in [3.63, 3.8) is 0 Å². The van der Waals surface area contributed by atoms with E-state index in [1.54, 1.807) is 13.8 Å². The minimum atomic E-state index is -3.22. The summed E-state index contributed by atoms with van der Waals surface area (Å²) >= 11 is 0. The topological polar surface area (TPSA) is 64.6 Å². The Morgan fingerprint density at radius 2 is 1.87 bits per heavy atom. The molecular weight excluding hydrogens is 217 g/mol. The molecule has 0 aromatic heterocycles. The smallest absolute Gasteiger partial charge is 0.340 e. The third-order valence-corrected chi connectivity index (χ3v) is 3.91. The number of carbonyl (C=O) groups excluding carboxylic acids is 1. The van der Waals surface area contributed by atoms with Crippen molar-refractivity contribution in [2.24, 2.45) is 0 Å². The number of amides is 1. The highest BCUT2D eigenvalue weighted by Gasteiger charge is 2.30. The van der Waals surface area contributed by atoms with Gasteiger partial charge in [0.2, 0.25) is 5.91 Å². The lowest BCUT2D eigenvalue weighted by atomic mass is 10.6. The normalized spacial score (nSPS) is 16.4. The van der Waals surface area contributed by atoms with Crippen LogP contribution in [0.4, 0.5) is 0 Å². The molecule has 0 unspecified atom stereocenters. The fourth-order valence-electron chi connectivity index (χ4n) is 1.20. The molecule has 0 radical (unpaired) electrons. The van der Waals surface area contributed by atoms with Gasteiger partial charge in [-0.2, -0.15) is 0 Å². The Kier molecular flexibility index (Phi) is 4.77. The van der Waals surface area contributed by atoms with Crippen molar-refractivity contribution in [1.29, 1.82) is 0 Å². The summed E-state index contributed by atoms with van der Waals surface area (Å²) in [6.45, 7) is 4.02. The third-order valence-electron chi connectivity index (χ3n) is 1.93. The first-order valence-electron chi connectivity index (χ1n) is 5.27. The molecular formula is C9H18NO4P. The van der Waals surface area contributed by atoms with Crippen molar-refractivity contribution in [2.45, 2.75) is 32.7 Å². The third kappa shape index (κ3) is 4.78. The van der Waals surface area contributed by atoms with Gasteiger partial charge < -0.3 is 14.4 Å². The molecule has 5 nitrogen and oxygen atoms in total. The molecule has 0 aromatic carbocycles. The molecule has 0 bridgehead atoms. The highest BCUT2D eigenvalue weighted by Crippen LogP contribution is 2.47. The Balaban J connectivity index is 2.40. The first-order valence-corrected chi connectivity index (χ1v) is 7.00. The van der Waals surface area contributed by atoms with E-state index in [4.69, 9.17) is 9.05 Å². The van der Waals surface area contributed by atoms with Crippen LogP contribution in [0.3, 0.4) is 0 Å². The molecule has 1 saturated carbocycles. The number of hydrogen-bond donors (Lipinski definition) is 1. The SMILES string of the molecule is CCOP(=O)(CC(=O)NC1CC1)OCC. The number of hydrogen-bond acceptors (Lipinski definition) is 4. The van der Waals surface area contributed by atoms with E-state index in [-0.39, 0.29) is 31.3 Å². The van der Waals surface area contributed by atoms with Crippen molar-refractivity contribution in [2.75, 3.05) is 19.4 Å². The predicted octanol–water partition coefficient (Wildman–Crippen LogP) is 1.53. The highest BCUT2D eigenvalue weighted by atomic mass is 31.2. The molecule has 1 N–H and O–H groups in total. The van der Waals surface area contributed by atoms with Gasteiger partial charge in [0, 0.05) is 6.04 Å². The van der Waals surface area contributed by atoms with Crippen LogP contribution in [0.2, 0.25) is 0 Å². The van der Waals surface area contributed by atoms with E-state index in [1.165, 1.54) is 0 Å². The lowest BCUT2D eigenvalue weighted by molar-refractivity contribution is -0.119. The maximum absolute atomic E-state index is 11.9. The summed E-state index contributed by atoms with van der Waals surface area (Å²) < 4.78 is 22.0. The van der Waals surface area contributed by atoms with E-state index < -0.39 is 7.60 Å². The quantitative estimate of drug-likeness (QED) is 0.679. The maximum atomic E-state index is 11.9. The molecule has 88 valence electrons. The molecule has 1 fully saturated rings. The fourth-order valence-corrected chi connectivity index (χ4v) is 2.69. The summed E-state index contributed by atoms with van der Waals surface area (Å²) in [6.07, 6.45) is 1.85. The summed E-state index contributed by atoms with van der Waals surface area (Å²) in [7, 11) is -3.22. The Morgan fingerprint density at radius 3 is 2.27 bits per heavy atom. The van der Waals surface area contributed by atoms with E-state index in [0.717, 1.165) is 12.8 Å². The molecule has 1 rings (SSSR count). The van der Waals surface area contributed by atoms with Gasteiger partial charge in [0.1, 0.15) is 6.16 Å². The second-order valence-corrected chi connectivity index (χ2v) is 5.50. The minimum Gasteiger partial charge on any atom is -0.353 e. The van der Waals surface area contributed by atoms with Gasteiger partial charge in [-0.25, -0.2) is 0 Å². The van der Waals surface area contributed by atoms with Crippen LogP contribution in [0.5, 0.6) is 0 Å². The Morgan fingerprint density at radius 1 is 1.33 bits per heavy atom. The van der Waals surface area contributed by atoms with Gasteiger partial charge in [-0.3, -0.25) is 9.36 Å². The van der Waals surface area contributed by atoms with Crippen LogP contribution in [-0.4, -0.2) is 31.3 Å². The van der Waals surface area contributed by atoms with Gasteiger partial charge >= 0.3 is 7.60 Å². The molecule has 1 aliphatic carbocycles. The standard InChI is InChI=1S/C9H18NO4P/c1-3-13-15(12,14-4-2)7-9(11)10-8-5-6-8/h8H,3-7H2,1-2H3,(H,10,11). The second-order valence-electron chi connectivity index (χ2n) is 3.45. The molecule has 6 heteroatoms. The number of carbonyl (C=O) groups is 1. The summed E-state index contributed by atoms with van der Waals surface area (Å²) in [5.41, 5.74) is 0. The van der Waals surface area contributed by atoms with Gasteiger partial charge in [0.15, 0.2) is 0 Å². The molecule has 0 atom stereocenters. The van der Waals surface area contributed by atoms with Gasteiger partial charge in [-0.05, 0) is 26.7 Å². The Labute approximate surface area is 90.1 Å². The molecule has 0 aliphatic heterocycles. The first kappa shape index (κ1) is 12.7. The fraction of sp³-hybridized carbons (Fsp3) is 0.889. The lowest BCUT2D eigenvalue weighted by Gasteiger charge is -2.16. The molecule has 0 spiro atoms. The lowest BCUT2D eigenvalue weighted by Crippen LogP contribution is -2.28. The van der Waals surface area contributed by atoms with Crippen molar-refractivity contribution in [3.05, 3.63) is 0 Å². The van der Waals surface area contributed by atoms with Crippen molar-refractivity contribution >= 4 is 13.5 Å². The van der Waals surface area contributed by atoms with Crippen LogP contribution in [0.25, 0.3) is 0 Å². The second kappa shape index (κ2) is 5.64. The van der Waals surface area contributed by atoms with Crippen molar-refractivity contribution < 1.29 is 18.4 Å². The zero-order valence-corrected chi connectivity index (χ0v) is 10.1. The zero-order chi connectivity index (χ0) is 11.3. The van der Waals surface area contributed by atoms with Gasteiger partial charge in [0.05, 0.1) is 13.2 Å². The monoisotopic (exact) mass is 235 g/mol. The van der Waals surface area contributed by atoms with Crippen LogP contribution in [-0.2, 0) is 18.4 Å². The summed E-state index contributed by atoms with van der Waals surface area (Å²) in [4.78, 5) is 11.4.